The largest absolute Gasteiger partial charge is 0.489 e. The maximum atomic E-state index is 11.4. The van der Waals surface area contributed by atoms with Crippen LogP contribution < -0.4 is 9.47 Å². The molecule has 0 heterocycles. The van der Waals surface area contributed by atoms with Crippen LogP contribution >= 0.6 is 0 Å². The van der Waals surface area contributed by atoms with Crippen LogP contribution in [-0.4, -0.2) is 28.5 Å². The van der Waals surface area contributed by atoms with Gasteiger partial charge in [-0.15, -0.1) is 0 Å². The van der Waals surface area contributed by atoms with E-state index in [1.165, 1.54) is 13.1 Å². The van der Waals surface area contributed by atoms with E-state index >= 15 is 0 Å². The number of aliphatic carboxylic acids is 1. The zero-order chi connectivity index (χ0) is 29.2. The van der Waals surface area contributed by atoms with E-state index in [0.717, 1.165) is 33.4 Å². The van der Waals surface area contributed by atoms with E-state index < -0.39 is 18.0 Å². The molecule has 4 aromatic rings. The Balaban J connectivity index is 1.55. The van der Waals surface area contributed by atoms with Gasteiger partial charge in [0.15, 0.2) is 0 Å². The topological polar surface area (TPSA) is 112 Å². The average Bonchev–Trinajstić information content (AvgIpc) is 2.98. The van der Waals surface area contributed by atoms with Crippen LogP contribution in [0, 0.1) is 24.2 Å². The lowest BCUT2D eigenvalue weighted by Crippen LogP contribution is -2.26. The molecule has 0 radical (unpaired) electrons. The zero-order valence-corrected chi connectivity index (χ0v) is 23.0. The second-order valence-corrected chi connectivity index (χ2v) is 9.71. The fourth-order valence-electron chi connectivity index (χ4n) is 4.37. The van der Waals surface area contributed by atoms with Crippen molar-refractivity contribution in [3.8, 4) is 28.7 Å². The van der Waals surface area contributed by atoms with Crippen molar-refractivity contribution in [2.45, 2.75) is 39.7 Å². The summed E-state index contributed by atoms with van der Waals surface area (Å²) in [5.41, 5.74) is 6.60. The van der Waals surface area contributed by atoms with Crippen molar-refractivity contribution in [3.05, 3.63) is 119 Å². The number of hydrogen-bond acceptors (Lipinski definition) is 6. The highest BCUT2D eigenvalue weighted by atomic mass is 16.5. The Morgan fingerprint density at radius 1 is 0.951 bits per heavy atom. The minimum Gasteiger partial charge on any atom is -0.489 e. The van der Waals surface area contributed by atoms with Crippen molar-refractivity contribution in [2.24, 2.45) is 10.9 Å². The molecule has 4 aromatic carbocycles. The third-order valence-electron chi connectivity index (χ3n) is 6.75. The van der Waals surface area contributed by atoms with Gasteiger partial charge in [0.25, 0.3) is 0 Å². The Kier molecular flexibility index (Phi) is 9.87. The molecule has 1 unspecified atom stereocenters. The number of carboxylic acid groups (broad SMARTS) is 1. The van der Waals surface area contributed by atoms with Gasteiger partial charge >= 0.3 is 5.97 Å². The summed E-state index contributed by atoms with van der Waals surface area (Å²) in [5, 5.41) is 28.3. The van der Waals surface area contributed by atoms with Crippen molar-refractivity contribution in [1.82, 2.24) is 0 Å². The molecule has 0 aromatic heterocycles. The number of hydrogen-bond donors (Lipinski definition) is 2. The average molecular weight is 549 g/mol. The summed E-state index contributed by atoms with van der Waals surface area (Å²) in [7, 11) is 0. The lowest BCUT2D eigenvalue weighted by atomic mass is 9.97. The number of benzene rings is 4. The molecular weight excluding hydrogens is 516 g/mol. The number of aliphatic imine (C=N–C) groups is 1. The van der Waals surface area contributed by atoms with Crippen LogP contribution in [0.2, 0.25) is 0 Å². The third kappa shape index (κ3) is 7.81. The molecule has 0 aliphatic rings. The van der Waals surface area contributed by atoms with Crippen LogP contribution in [0.3, 0.4) is 0 Å². The Labute approximate surface area is 240 Å². The van der Waals surface area contributed by atoms with Crippen LogP contribution in [0.15, 0.2) is 96.0 Å². The van der Waals surface area contributed by atoms with Gasteiger partial charge < -0.3 is 19.7 Å². The van der Waals surface area contributed by atoms with Gasteiger partial charge in [0.1, 0.15) is 30.6 Å². The first-order chi connectivity index (χ1) is 19.9. The predicted molar refractivity (Wildman–Crippen MR) is 158 cm³/mol. The Hall–Kier alpha value is -4.93. The summed E-state index contributed by atoms with van der Waals surface area (Å²) in [6.45, 7) is 4.24. The van der Waals surface area contributed by atoms with Gasteiger partial charge in [-0.3, -0.25) is 9.79 Å². The summed E-state index contributed by atoms with van der Waals surface area (Å²) in [6.07, 6.45) is 0.180. The number of carbonyl (C=O) groups is 1. The summed E-state index contributed by atoms with van der Waals surface area (Å²) in [5.74, 6) is -1.12. The number of ether oxygens (including phenoxy) is 2. The van der Waals surface area contributed by atoms with Crippen molar-refractivity contribution in [1.29, 1.82) is 5.26 Å². The van der Waals surface area contributed by atoms with E-state index in [-0.39, 0.29) is 13.2 Å². The van der Waals surface area contributed by atoms with E-state index in [2.05, 4.69) is 36.2 Å². The summed E-state index contributed by atoms with van der Waals surface area (Å²) >= 11 is 0. The Morgan fingerprint density at radius 3 is 2.46 bits per heavy atom. The van der Waals surface area contributed by atoms with Crippen molar-refractivity contribution in [2.75, 3.05) is 0 Å². The standard InChI is InChI=1S/C34H32N2O5/c1-23-29(12-7-13-31(23)27-10-4-3-5-11-27)22-40-30-15-14-28(19-36-20-32(24(2)37)34(38)39)33(17-30)41-21-26-9-6-8-25(16-26)18-35/h3-17,20,24,32,37H,19,21-22H2,1-2H3,(H,38,39)/t24-,32?/m0/s1. The SMILES string of the molecule is Cc1c(COc2ccc(CN=CC(C(=O)O)[C@H](C)O)c(OCc3cccc(C#N)c3)c2)cccc1-c1ccccc1. The third-order valence-corrected chi connectivity index (χ3v) is 6.75. The molecule has 2 N–H and O–H groups in total. The second-order valence-electron chi connectivity index (χ2n) is 9.71. The first-order valence-electron chi connectivity index (χ1n) is 13.3. The Bertz CT molecular complexity index is 1560. The molecule has 7 nitrogen and oxygen atoms in total. The number of carboxylic acids is 1. The maximum absolute atomic E-state index is 11.4. The fourth-order valence-corrected chi connectivity index (χ4v) is 4.37. The van der Waals surface area contributed by atoms with Crippen LogP contribution in [0.4, 0.5) is 0 Å². The second kappa shape index (κ2) is 13.9. The monoisotopic (exact) mass is 548 g/mol. The highest BCUT2D eigenvalue weighted by Gasteiger charge is 2.20. The van der Waals surface area contributed by atoms with Gasteiger partial charge in [0.05, 0.1) is 24.3 Å². The molecular formula is C34H32N2O5. The van der Waals surface area contributed by atoms with Gasteiger partial charge in [0, 0.05) is 17.8 Å². The molecule has 0 saturated carbocycles. The fraction of sp³-hybridized carbons (Fsp3) is 0.206. The lowest BCUT2D eigenvalue weighted by Gasteiger charge is -2.15. The number of nitrogens with zero attached hydrogens (tertiary/aromatic N) is 2. The molecule has 7 heteroatoms. The molecule has 0 aliphatic heterocycles. The van der Waals surface area contributed by atoms with Crippen molar-refractivity contribution in [3.63, 3.8) is 0 Å². The molecule has 4 rings (SSSR count). The highest BCUT2D eigenvalue weighted by molar-refractivity contribution is 5.89. The molecule has 41 heavy (non-hydrogen) atoms. The van der Waals surface area contributed by atoms with Gasteiger partial charge in [0.2, 0.25) is 0 Å². The van der Waals surface area contributed by atoms with Gasteiger partial charge in [-0.25, -0.2) is 0 Å². The molecule has 0 spiro atoms. The van der Waals surface area contributed by atoms with Gasteiger partial charge in [-0.1, -0.05) is 60.7 Å². The highest BCUT2D eigenvalue weighted by Crippen LogP contribution is 2.29. The molecule has 2 atom stereocenters. The predicted octanol–water partition coefficient (Wildman–Crippen LogP) is 6.34. The number of rotatable bonds is 12. The minimum atomic E-state index is -1.15. The van der Waals surface area contributed by atoms with Gasteiger partial charge in [-0.05, 0) is 65.9 Å². The van der Waals surface area contributed by atoms with Crippen molar-refractivity contribution >= 4 is 12.2 Å². The molecule has 0 aliphatic carbocycles. The molecule has 0 bridgehead atoms. The molecule has 0 fully saturated rings. The van der Waals surface area contributed by atoms with E-state index in [4.69, 9.17) is 9.47 Å². The molecule has 0 amide bonds. The Morgan fingerprint density at radius 2 is 1.73 bits per heavy atom. The van der Waals surface area contributed by atoms with E-state index in [1.807, 2.05) is 48.5 Å². The lowest BCUT2D eigenvalue weighted by molar-refractivity contribution is -0.141. The van der Waals surface area contributed by atoms with Crippen LogP contribution in [-0.2, 0) is 24.6 Å². The first kappa shape index (κ1) is 29.1. The van der Waals surface area contributed by atoms with Crippen LogP contribution in [0.25, 0.3) is 11.1 Å². The quantitative estimate of drug-likeness (QED) is 0.200. The van der Waals surface area contributed by atoms with Crippen molar-refractivity contribution < 1.29 is 24.5 Å². The summed E-state index contributed by atoms with van der Waals surface area (Å²) in [6, 6.07) is 31.1. The number of aliphatic hydroxyl groups is 1. The van der Waals surface area contributed by atoms with Crippen LogP contribution in [0.5, 0.6) is 11.5 Å². The zero-order valence-electron chi connectivity index (χ0n) is 23.0. The first-order valence-corrected chi connectivity index (χ1v) is 13.3. The molecule has 0 saturated heterocycles. The van der Waals surface area contributed by atoms with Crippen LogP contribution in [0.1, 0.15) is 34.7 Å². The normalized spacial score (nSPS) is 12.4. The molecule has 208 valence electrons. The smallest absolute Gasteiger partial charge is 0.314 e. The summed E-state index contributed by atoms with van der Waals surface area (Å²) in [4.78, 5) is 15.7. The minimum absolute atomic E-state index is 0.155. The van der Waals surface area contributed by atoms with E-state index in [0.29, 0.717) is 23.7 Å². The van der Waals surface area contributed by atoms with E-state index in [1.54, 1.807) is 24.3 Å². The number of aliphatic hydroxyl groups excluding tert-OH is 1. The van der Waals surface area contributed by atoms with Gasteiger partial charge in [-0.2, -0.15) is 5.26 Å². The maximum Gasteiger partial charge on any atom is 0.314 e. The van der Waals surface area contributed by atoms with E-state index in [9.17, 15) is 20.3 Å². The number of nitriles is 1. The summed E-state index contributed by atoms with van der Waals surface area (Å²) < 4.78 is 12.3.